The van der Waals surface area contributed by atoms with Crippen molar-refractivity contribution in [2.24, 2.45) is 7.05 Å². The van der Waals surface area contributed by atoms with E-state index in [1.807, 2.05) is 0 Å². The van der Waals surface area contributed by atoms with E-state index in [4.69, 9.17) is 5.11 Å². The summed E-state index contributed by atoms with van der Waals surface area (Å²) >= 11 is 0. The lowest BCUT2D eigenvalue weighted by Crippen LogP contribution is -1.92. The molecule has 2 nitrogen and oxygen atoms in total. The van der Waals surface area contributed by atoms with Crippen molar-refractivity contribution in [1.29, 1.82) is 0 Å². The molecule has 0 saturated carbocycles. The van der Waals surface area contributed by atoms with Crippen LogP contribution < -0.4 is 0 Å². The van der Waals surface area contributed by atoms with Gasteiger partial charge in [-0.25, -0.2) is 0 Å². The fourth-order valence-corrected chi connectivity index (χ4v) is 2.24. The van der Waals surface area contributed by atoms with E-state index in [1.54, 1.807) is 0 Å². The molecule has 0 aliphatic rings. The zero-order valence-electron chi connectivity index (χ0n) is 10.2. The Morgan fingerprint density at radius 2 is 2.00 bits per heavy atom. The fourth-order valence-electron chi connectivity index (χ4n) is 2.24. The van der Waals surface area contributed by atoms with E-state index in [-0.39, 0.29) is 6.61 Å². The van der Waals surface area contributed by atoms with Crippen LogP contribution in [0.4, 0.5) is 0 Å². The molecule has 16 heavy (non-hydrogen) atoms. The van der Waals surface area contributed by atoms with Gasteiger partial charge in [0.15, 0.2) is 0 Å². The lowest BCUT2D eigenvalue weighted by atomic mass is 10.1. The maximum absolute atomic E-state index is 8.84. The van der Waals surface area contributed by atoms with Crippen molar-refractivity contribution in [3.8, 4) is 0 Å². The van der Waals surface area contributed by atoms with Crippen molar-refractivity contribution >= 4 is 10.9 Å². The first-order chi connectivity index (χ1) is 7.65. The molecule has 0 atom stereocenters. The number of rotatable bonds is 3. The Morgan fingerprint density at radius 3 is 2.69 bits per heavy atom. The lowest BCUT2D eigenvalue weighted by molar-refractivity contribution is 0.288. The van der Waals surface area contributed by atoms with Gasteiger partial charge in [-0.15, -0.1) is 0 Å². The highest BCUT2D eigenvalue weighted by Gasteiger charge is 2.08. The molecule has 0 fully saturated rings. The van der Waals surface area contributed by atoms with Gasteiger partial charge in [0.2, 0.25) is 0 Å². The number of hydrogen-bond acceptors (Lipinski definition) is 1. The van der Waals surface area contributed by atoms with Crippen LogP contribution in [0.25, 0.3) is 10.9 Å². The molecule has 0 saturated heterocycles. The largest absolute Gasteiger partial charge is 0.396 e. The number of hydrogen-bond donors (Lipinski definition) is 1. The van der Waals surface area contributed by atoms with Crippen molar-refractivity contribution in [1.82, 2.24) is 4.57 Å². The van der Waals surface area contributed by atoms with Crippen LogP contribution in [-0.4, -0.2) is 16.3 Å². The number of aryl methyl sites for hydroxylation is 3. The van der Waals surface area contributed by atoms with Crippen molar-refractivity contribution in [3.63, 3.8) is 0 Å². The molecule has 0 amide bonds. The lowest BCUT2D eigenvalue weighted by Gasteiger charge is -2.02. The fraction of sp³-hybridized carbons (Fsp3) is 0.429. The highest BCUT2D eigenvalue weighted by Crippen LogP contribution is 2.25. The Kier molecular flexibility index (Phi) is 3.01. The van der Waals surface area contributed by atoms with Gasteiger partial charge in [0.05, 0.1) is 0 Å². The second-order valence-corrected chi connectivity index (χ2v) is 4.45. The third-order valence-electron chi connectivity index (χ3n) is 3.50. The summed E-state index contributed by atoms with van der Waals surface area (Å²) in [4.78, 5) is 0. The van der Waals surface area contributed by atoms with Crippen LogP contribution in [0.3, 0.4) is 0 Å². The molecule has 1 heterocycles. The molecule has 0 bridgehead atoms. The zero-order chi connectivity index (χ0) is 11.7. The summed E-state index contributed by atoms with van der Waals surface area (Å²) in [5.41, 5.74) is 5.30. The molecule has 0 unspecified atom stereocenters. The number of aromatic nitrogens is 1. The van der Waals surface area contributed by atoms with E-state index < -0.39 is 0 Å². The van der Waals surface area contributed by atoms with Crippen LogP contribution in [0.2, 0.25) is 0 Å². The van der Waals surface area contributed by atoms with E-state index in [2.05, 4.69) is 43.7 Å². The van der Waals surface area contributed by atoms with Crippen LogP contribution in [-0.2, 0) is 13.5 Å². The predicted octanol–water partition coefficient (Wildman–Crippen LogP) is 2.72. The smallest absolute Gasteiger partial charge is 0.0485 e. The minimum Gasteiger partial charge on any atom is -0.396 e. The molecule has 0 aliphatic carbocycles. The third-order valence-corrected chi connectivity index (χ3v) is 3.50. The Hall–Kier alpha value is -1.28. The van der Waals surface area contributed by atoms with Gasteiger partial charge in [0, 0.05) is 30.3 Å². The first-order valence-corrected chi connectivity index (χ1v) is 5.80. The Labute approximate surface area is 96.5 Å². The number of benzene rings is 1. The molecule has 1 aromatic carbocycles. The average molecular weight is 217 g/mol. The molecule has 0 aliphatic heterocycles. The summed E-state index contributed by atoms with van der Waals surface area (Å²) in [6.07, 6.45) is 1.80. The Morgan fingerprint density at radius 1 is 1.25 bits per heavy atom. The van der Waals surface area contributed by atoms with E-state index in [9.17, 15) is 0 Å². The highest BCUT2D eigenvalue weighted by molar-refractivity contribution is 5.85. The van der Waals surface area contributed by atoms with E-state index in [1.165, 1.54) is 27.7 Å². The van der Waals surface area contributed by atoms with Crippen molar-refractivity contribution in [2.45, 2.75) is 26.7 Å². The molecule has 1 aromatic heterocycles. The molecule has 2 heteroatoms. The summed E-state index contributed by atoms with van der Waals surface area (Å²) in [5, 5.41) is 10.2. The Balaban J connectivity index is 2.49. The van der Waals surface area contributed by atoms with Gasteiger partial charge in [-0.3, -0.25) is 0 Å². The van der Waals surface area contributed by atoms with Gasteiger partial charge in [0.1, 0.15) is 0 Å². The van der Waals surface area contributed by atoms with Gasteiger partial charge < -0.3 is 9.67 Å². The van der Waals surface area contributed by atoms with Crippen molar-refractivity contribution in [3.05, 3.63) is 35.0 Å². The van der Waals surface area contributed by atoms with Gasteiger partial charge in [-0.1, -0.05) is 12.1 Å². The summed E-state index contributed by atoms with van der Waals surface area (Å²) in [5.74, 6) is 0. The van der Waals surface area contributed by atoms with Crippen molar-refractivity contribution in [2.75, 3.05) is 6.61 Å². The van der Waals surface area contributed by atoms with Gasteiger partial charge in [-0.05, 0) is 43.9 Å². The second kappa shape index (κ2) is 4.30. The number of nitrogens with zero attached hydrogens (tertiary/aromatic N) is 1. The molecular formula is C14H19NO. The topological polar surface area (TPSA) is 25.2 Å². The highest BCUT2D eigenvalue weighted by atomic mass is 16.2. The maximum atomic E-state index is 8.84. The molecule has 2 aromatic rings. The van der Waals surface area contributed by atoms with E-state index in [0.29, 0.717) is 0 Å². The van der Waals surface area contributed by atoms with E-state index in [0.717, 1.165) is 12.8 Å². The Bertz CT molecular complexity index is 511. The number of fused-ring (bicyclic) bond motifs is 1. The van der Waals surface area contributed by atoms with Crippen molar-refractivity contribution < 1.29 is 5.11 Å². The first-order valence-electron chi connectivity index (χ1n) is 5.80. The van der Waals surface area contributed by atoms with Crippen LogP contribution >= 0.6 is 0 Å². The third kappa shape index (κ3) is 1.74. The summed E-state index contributed by atoms with van der Waals surface area (Å²) in [6, 6.07) is 6.61. The van der Waals surface area contributed by atoms with E-state index >= 15 is 0 Å². The minimum absolute atomic E-state index is 0.267. The quantitative estimate of drug-likeness (QED) is 0.840. The second-order valence-electron chi connectivity index (χ2n) is 4.45. The summed E-state index contributed by atoms with van der Waals surface area (Å²) in [6.45, 7) is 4.59. The van der Waals surface area contributed by atoms with Crippen LogP contribution in [0.15, 0.2) is 18.2 Å². The SMILES string of the molecule is Cc1c(C)n(C)c2cc(CCCO)ccc12. The van der Waals surface area contributed by atoms with Crippen LogP contribution in [0, 0.1) is 13.8 Å². The summed E-state index contributed by atoms with van der Waals surface area (Å²) in [7, 11) is 2.11. The van der Waals surface area contributed by atoms with Crippen LogP contribution in [0.5, 0.6) is 0 Å². The number of aliphatic hydroxyl groups excluding tert-OH is 1. The van der Waals surface area contributed by atoms with Gasteiger partial charge in [0.25, 0.3) is 0 Å². The maximum Gasteiger partial charge on any atom is 0.0485 e. The molecule has 86 valence electrons. The summed E-state index contributed by atoms with van der Waals surface area (Å²) < 4.78 is 2.24. The zero-order valence-corrected chi connectivity index (χ0v) is 10.2. The minimum atomic E-state index is 0.267. The normalized spacial score (nSPS) is 11.2. The van der Waals surface area contributed by atoms with Gasteiger partial charge in [-0.2, -0.15) is 0 Å². The first kappa shape index (κ1) is 11.2. The van der Waals surface area contributed by atoms with Crippen LogP contribution in [0.1, 0.15) is 23.2 Å². The van der Waals surface area contributed by atoms with Gasteiger partial charge >= 0.3 is 0 Å². The standard InChI is InChI=1S/C14H19NO/c1-10-11(2)15(3)14-9-12(5-4-8-16)6-7-13(10)14/h6-7,9,16H,4-5,8H2,1-3H3. The monoisotopic (exact) mass is 217 g/mol. The number of aliphatic hydroxyl groups is 1. The molecule has 2 rings (SSSR count). The molecule has 0 spiro atoms. The molecule has 0 radical (unpaired) electrons. The molecular weight excluding hydrogens is 198 g/mol. The molecule has 1 N–H and O–H groups in total. The average Bonchev–Trinajstić information content (AvgIpc) is 2.52. The predicted molar refractivity (Wildman–Crippen MR) is 67.8 cm³/mol.